The minimum atomic E-state index is -0.302. The molecule has 0 unspecified atom stereocenters. The molecule has 0 spiro atoms. The van der Waals surface area contributed by atoms with Crippen LogP contribution >= 0.6 is 0 Å². The van der Waals surface area contributed by atoms with Gasteiger partial charge >= 0.3 is 0 Å². The Morgan fingerprint density at radius 3 is 2.76 bits per heavy atom. The van der Waals surface area contributed by atoms with Gasteiger partial charge in [0.25, 0.3) is 5.89 Å². The number of nitrogens with zero attached hydrogens (tertiary/aromatic N) is 3. The van der Waals surface area contributed by atoms with Gasteiger partial charge in [0.1, 0.15) is 11.5 Å². The van der Waals surface area contributed by atoms with Gasteiger partial charge in [-0.3, -0.25) is 4.98 Å². The fourth-order valence-corrected chi connectivity index (χ4v) is 1.85. The Bertz CT molecular complexity index is 768. The van der Waals surface area contributed by atoms with Gasteiger partial charge in [-0.1, -0.05) is 23.4 Å². The first-order valence-electron chi connectivity index (χ1n) is 6.43. The Balaban J connectivity index is 1.93. The van der Waals surface area contributed by atoms with Crippen LogP contribution in [0, 0.1) is 12.7 Å². The normalized spacial score (nSPS) is 10.8. The summed E-state index contributed by atoms with van der Waals surface area (Å²) >= 11 is 0. The summed E-state index contributed by atoms with van der Waals surface area (Å²) in [5.41, 5.74) is 8.12. The predicted molar refractivity (Wildman–Crippen MR) is 75.6 cm³/mol. The first-order chi connectivity index (χ1) is 10.2. The van der Waals surface area contributed by atoms with Gasteiger partial charge in [-0.15, -0.1) is 0 Å². The monoisotopic (exact) mass is 284 g/mol. The largest absolute Gasteiger partial charge is 0.332 e. The van der Waals surface area contributed by atoms with E-state index in [2.05, 4.69) is 15.1 Å². The van der Waals surface area contributed by atoms with Crippen LogP contribution in [0.5, 0.6) is 0 Å². The fourth-order valence-electron chi connectivity index (χ4n) is 1.85. The Kier molecular flexibility index (Phi) is 3.45. The lowest BCUT2D eigenvalue weighted by Gasteiger charge is -1.98. The fraction of sp³-hybridized carbons (Fsp3) is 0.133. The Morgan fingerprint density at radius 2 is 2.10 bits per heavy atom. The molecule has 3 aromatic rings. The van der Waals surface area contributed by atoms with Gasteiger partial charge in [-0.25, -0.2) is 4.39 Å². The van der Waals surface area contributed by atoms with Gasteiger partial charge < -0.3 is 10.3 Å². The van der Waals surface area contributed by atoms with Crippen LogP contribution in [0.2, 0.25) is 0 Å². The molecule has 6 heteroatoms. The van der Waals surface area contributed by atoms with E-state index >= 15 is 0 Å². The van der Waals surface area contributed by atoms with Crippen molar-refractivity contribution >= 4 is 0 Å². The SMILES string of the molecule is Cc1ccc(-c2noc(-c3ccc(CN)cn3)n2)cc1F. The Morgan fingerprint density at radius 1 is 1.24 bits per heavy atom. The molecular weight excluding hydrogens is 271 g/mol. The van der Waals surface area contributed by atoms with E-state index in [1.807, 2.05) is 6.07 Å². The van der Waals surface area contributed by atoms with Crippen LogP contribution in [0.3, 0.4) is 0 Å². The van der Waals surface area contributed by atoms with Crippen LogP contribution in [-0.2, 0) is 6.54 Å². The van der Waals surface area contributed by atoms with Crippen molar-refractivity contribution in [2.45, 2.75) is 13.5 Å². The predicted octanol–water partition coefficient (Wildman–Crippen LogP) is 2.70. The van der Waals surface area contributed by atoms with E-state index in [1.54, 1.807) is 31.3 Å². The highest BCUT2D eigenvalue weighted by molar-refractivity contribution is 5.58. The number of hydrogen-bond acceptors (Lipinski definition) is 5. The van der Waals surface area contributed by atoms with Gasteiger partial charge in [-0.05, 0) is 30.2 Å². The molecule has 0 saturated heterocycles. The highest BCUT2D eigenvalue weighted by Crippen LogP contribution is 2.22. The number of nitrogens with two attached hydrogens (primary N) is 1. The molecule has 3 rings (SSSR count). The number of rotatable bonds is 3. The van der Waals surface area contributed by atoms with Crippen molar-refractivity contribution in [2.75, 3.05) is 0 Å². The summed E-state index contributed by atoms with van der Waals surface area (Å²) < 4.78 is 18.7. The van der Waals surface area contributed by atoms with Crippen molar-refractivity contribution in [1.29, 1.82) is 0 Å². The summed E-state index contributed by atoms with van der Waals surface area (Å²) in [5, 5.41) is 3.86. The molecule has 2 aromatic heterocycles. The van der Waals surface area contributed by atoms with Crippen LogP contribution in [-0.4, -0.2) is 15.1 Å². The summed E-state index contributed by atoms with van der Waals surface area (Å²) in [7, 11) is 0. The van der Waals surface area contributed by atoms with Crippen molar-refractivity contribution in [2.24, 2.45) is 5.73 Å². The van der Waals surface area contributed by atoms with E-state index in [-0.39, 0.29) is 11.7 Å². The average Bonchev–Trinajstić information content (AvgIpc) is 3.00. The molecule has 0 aliphatic carbocycles. The summed E-state index contributed by atoms with van der Waals surface area (Å²) in [5.74, 6) is 0.312. The van der Waals surface area contributed by atoms with Crippen LogP contribution in [0.4, 0.5) is 4.39 Å². The van der Waals surface area contributed by atoms with Gasteiger partial charge in [-0.2, -0.15) is 4.98 Å². The minimum absolute atomic E-state index is 0.287. The molecule has 0 bridgehead atoms. The lowest BCUT2D eigenvalue weighted by Crippen LogP contribution is -1.96. The van der Waals surface area contributed by atoms with E-state index in [9.17, 15) is 4.39 Å². The zero-order valence-electron chi connectivity index (χ0n) is 11.4. The lowest BCUT2D eigenvalue weighted by molar-refractivity contribution is 0.431. The van der Waals surface area contributed by atoms with Gasteiger partial charge in [0, 0.05) is 18.3 Å². The van der Waals surface area contributed by atoms with Crippen LogP contribution in [0.25, 0.3) is 23.0 Å². The second kappa shape index (κ2) is 5.41. The quantitative estimate of drug-likeness (QED) is 0.800. The molecule has 0 atom stereocenters. The highest BCUT2D eigenvalue weighted by Gasteiger charge is 2.12. The van der Waals surface area contributed by atoms with Crippen LogP contribution in [0.15, 0.2) is 41.1 Å². The molecule has 1 aromatic carbocycles. The maximum Gasteiger partial charge on any atom is 0.276 e. The number of benzene rings is 1. The number of hydrogen-bond donors (Lipinski definition) is 1. The summed E-state index contributed by atoms with van der Waals surface area (Å²) in [6.45, 7) is 2.12. The number of pyridine rings is 1. The Labute approximate surface area is 120 Å². The molecule has 21 heavy (non-hydrogen) atoms. The summed E-state index contributed by atoms with van der Waals surface area (Å²) in [6.07, 6.45) is 1.66. The average molecular weight is 284 g/mol. The van der Waals surface area contributed by atoms with Crippen molar-refractivity contribution in [3.63, 3.8) is 0 Å². The first-order valence-corrected chi connectivity index (χ1v) is 6.43. The lowest BCUT2D eigenvalue weighted by atomic mass is 10.1. The standard InChI is InChI=1S/C15H13FN4O/c1-9-2-4-11(6-12(9)16)14-19-15(21-20-14)13-5-3-10(7-17)8-18-13/h2-6,8H,7,17H2,1H3. The number of halogens is 1. The number of aromatic nitrogens is 3. The third-order valence-electron chi connectivity index (χ3n) is 3.14. The molecule has 0 fully saturated rings. The smallest absolute Gasteiger partial charge is 0.276 e. The van der Waals surface area contributed by atoms with Gasteiger partial charge in [0.15, 0.2) is 0 Å². The second-order valence-electron chi connectivity index (χ2n) is 4.64. The maximum absolute atomic E-state index is 13.6. The summed E-state index contributed by atoms with van der Waals surface area (Å²) in [6, 6.07) is 8.41. The zero-order valence-corrected chi connectivity index (χ0v) is 11.4. The third-order valence-corrected chi connectivity index (χ3v) is 3.14. The van der Waals surface area contributed by atoms with Crippen molar-refractivity contribution in [3.8, 4) is 23.0 Å². The molecule has 2 heterocycles. The minimum Gasteiger partial charge on any atom is -0.332 e. The van der Waals surface area contributed by atoms with Crippen molar-refractivity contribution in [1.82, 2.24) is 15.1 Å². The van der Waals surface area contributed by atoms with E-state index in [0.29, 0.717) is 29.2 Å². The molecule has 0 aliphatic heterocycles. The Hall–Kier alpha value is -2.60. The third kappa shape index (κ3) is 2.66. The molecule has 106 valence electrons. The highest BCUT2D eigenvalue weighted by atomic mass is 19.1. The van der Waals surface area contributed by atoms with E-state index < -0.39 is 0 Å². The van der Waals surface area contributed by atoms with E-state index in [0.717, 1.165) is 5.56 Å². The summed E-state index contributed by atoms with van der Waals surface area (Å²) in [4.78, 5) is 8.45. The zero-order chi connectivity index (χ0) is 14.8. The molecule has 5 nitrogen and oxygen atoms in total. The molecular formula is C15H13FN4O. The van der Waals surface area contributed by atoms with E-state index in [4.69, 9.17) is 10.3 Å². The van der Waals surface area contributed by atoms with Crippen molar-refractivity contribution < 1.29 is 8.91 Å². The van der Waals surface area contributed by atoms with Crippen LogP contribution in [0.1, 0.15) is 11.1 Å². The molecule has 0 saturated carbocycles. The van der Waals surface area contributed by atoms with Gasteiger partial charge in [0.05, 0.1) is 0 Å². The first kappa shape index (κ1) is 13.4. The topological polar surface area (TPSA) is 77.8 Å². The van der Waals surface area contributed by atoms with Gasteiger partial charge in [0.2, 0.25) is 5.82 Å². The molecule has 0 amide bonds. The van der Waals surface area contributed by atoms with Crippen LogP contribution < -0.4 is 5.73 Å². The van der Waals surface area contributed by atoms with E-state index in [1.165, 1.54) is 6.07 Å². The second-order valence-corrected chi connectivity index (χ2v) is 4.64. The molecule has 2 N–H and O–H groups in total. The molecule has 0 aliphatic rings. The van der Waals surface area contributed by atoms with Crippen molar-refractivity contribution in [3.05, 3.63) is 53.5 Å². The number of aryl methyl sites for hydroxylation is 1. The molecule has 0 radical (unpaired) electrons. The maximum atomic E-state index is 13.6.